The molecule has 0 aromatic heterocycles. The van der Waals surface area contributed by atoms with E-state index in [0.717, 1.165) is 0 Å². The Morgan fingerprint density at radius 3 is 1.12 bits per heavy atom. The Kier molecular flexibility index (Phi) is 3.77. The topological polar surface area (TPSA) is 0 Å². The van der Waals surface area contributed by atoms with Crippen LogP contribution in [0.4, 0.5) is 0 Å². The standard InChI is InChI=1S/C32H22/c1-3-9-21(10-4-1)23-15-17-27-29(19-23)32-26-14-8-7-13-25(26)31(27)28-18-16-24(20-30(28)32)22-11-5-2-6-12-22/h1-20,31-32H. The molecule has 0 heterocycles. The third kappa shape index (κ3) is 2.50. The Morgan fingerprint density at radius 1 is 0.281 bits per heavy atom. The van der Waals surface area contributed by atoms with Crippen LogP contribution in [0.15, 0.2) is 121 Å². The second kappa shape index (κ2) is 6.80. The molecule has 3 aliphatic carbocycles. The highest BCUT2D eigenvalue weighted by molar-refractivity contribution is 5.75. The SMILES string of the molecule is c1ccc(-c2ccc3c(c2)C2c4ccccc4C3c3ccc(-c4ccccc4)cc32)cc1. The van der Waals surface area contributed by atoms with Crippen molar-refractivity contribution in [2.24, 2.45) is 0 Å². The summed E-state index contributed by atoms with van der Waals surface area (Å²) in [5.74, 6) is 0.601. The van der Waals surface area contributed by atoms with E-state index < -0.39 is 0 Å². The zero-order valence-electron chi connectivity index (χ0n) is 17.7. The third-order valence-corrected chi connectivity index (χ3v) is 7.25. The van der Waals surface area contributed by atoms with E-state index >= 15 is 0 Å². The van der Waals surface area contributed by atoms with Crippen molar-refractivity contribution < 1.29 is 0 Å². The van der Waals surface area contributed by atoms with E-state index in [1.54, 1.807) is 0 Å². The molecule has 150 valence electrons. The van der Waals surface area contributed by atoms with Gasteiger partial charge in [-0.1, -0.05) is 109 Å². The fourth-order valence-corrected chi connectivity index (χ4v) is 5.84. The molecule has 0 atom stereocenters. The molecule has 5 aromatic carbocycles. The average molecular weight is 407 g/mol. The van der Waals surface area contributed by atoms with E-state index in [1.165, 1.54) is 55.6 Å². The van der Waals surface area contributed by atoms with Crippen molar-refractivity contribution in [1.82, 2.24) is 0 Å². The minimum Gasteiger partial charge on any atom is -0.0622 e. The van der Waals surface area contributed by atoms with Crippen LogP contribution in [0.1, 0.15) is 45.2 Å². The summed E-state index contributed by atoms with van der Waals surface area (Å²) < 4.78 is 0. The third-order valence-electron chi connectivity index (χ3n) is 7.25. The lowest BCUT2D eigenvalue weighted by Gasteiger charge is -2.42. The number of rotatable bonds is 2. The maximum absolute atomic E-state index is 2.44. The van der Waals surface area contributed by atoms with Gasteiger partial charge in [0.05, 0.1) is 0 Å². The molecule has 0 aliphatic heterocycles. The van der Waals surface area contributed by atoms with Gasteiger partial charge in [-0.3, -0.25) is 0 Å². The molecule has 0 saturated heterocycles. The first-order valence-electron chi connectivity index (χ1n) is 11.4. The van der Waals surface area contributed by atoms with Gasteiger partial charge in [0, 0.05) is 11.8 Å². The van der Waals surface area contributed by atoms with Crippen molar-refractivity contribution in [2.45, 2.75) is 11.8 Å². The van der Waals surface area contributed by atoms with Gasteiger partial charge in [-0.15, -0.1) is 0 Å². The van der Waals surface area contributed by atoms with Crippen LogP contribution in [0.3, 0.4) is 0 Å². The molecular weight excluding hydrogens is 384 g/mol. The highest BCUT2D eigenvalue weighted by atomic mass is 14.4. The van der Waals surface area contributed by atoms with Crippen LogP contribution in [0.5, 0.6) is 0 Å². The molecule has 0 radical (unpaired) electrons. The van der Waals surface area contributed by atoms with E-state index in [0.29, 0.717) is 5.92 Å². The second-order valence-electron chi connectivity index (χ2n) is 8.91. The van der Waals surface area contributed by atoms with Crippen molar-refractivity contribution in [3.8, 4) is 22.3 Å². The van der Waals surface area contributed by atoms with E-state index in [4.69, 9.17) is 0 Å². The first-order chi connectivity index (χ1) is 15.9. The van der Waals surface area contributed by atoms with Gasteiger partial charge < -0.3 is 0 Å². The Labute approximate surface area is 188 Å². The highest BCUT2D eigenvalue weighted by Gasteiger charge is 2.41. The van der Waals surface area contributed by atoms with Gasteiger partial charge in [0.2, 0.25) is 0 Å². The molecule has 0 unspecified atom stereocenters. The molecule has 0 spiro atoms. The van der Waals surface area contributed by atoms with Crippen molar-refractivity contribution in [3.05, 3.63) is 155 Å². The van der Waals surface area contributed by atoms with Gasteiger partial charge in [-0.25, -0.2) is 0 Å². The van der Waals surface area contributed by atoms with Crippen LogP contribution < -0.4 is 0 Å². The number of hydrogen-bond donors (Lipinski definition) is 0. The molecule has 0 amide bonds. The fourth-order valence-electron chi connectivity index (χ4n) is 5.84. The molecule has 0 saturated carbocycles. The fraction of sp³-hybridized carbons (Fsp3) is 0.0625. The minimum absolute atomic E-state index is 0.286. The smallest absolute Gasteiger partial charge is 0.0349 e. The maximum atomic E-state index is 2.44. The minimum atomic E-state index is 0.286. The van der Waals surface area contributed by atoms with Gasteiger partial charge in [0.15, 0.2) is 0 Å². The van der Waals surface area contributed by atoms with Crippen molar-refractivity contribution >= 4 is 0 Å². The van der Waals surface area contributed by atoms with Gasteiger partial charge in [-0.05, 0) is 67.8 Å². The highest BCUT2D eigenvalue weighted by Crippen LogP contribution is 2.56. The van der Waals surface area contributed by atoms with Crippen molar-refractivity contribution in [1.29, 1.82) is 0 Å². The Hall–Kier alpha value is -3.90. The summed E-state index contributed by atoms with van der Waals surface area (Å²) >= 11 is 0. The molecular formula is C32H22. The maximum Gasteiger partial charge on any atom is 0.0349 e. The second-order valence-corrected chi connectivity index (χ2v) is 8.91. The van der Waals surface area contributed by atoms with Crippen LogP contribution in [-0.2, 0) is 0 Å². The number of hydrogen-bond acceptors (Lipinski definition) is 0. The summed E-state index contributed by atoms with van der Waals surface area (Å²) in [4.78, 5) is 0. The van der Waals surface area contributed by atoms with Gasteiger partial charge in [-0.2, -0.15) is 0 Å². The van der Waals surface area contributed by atoms with Gasteiger partial charge in [0.25, 0.3) is 0 Å². The molecule has 5 aromatic rings. The summed E-state index contributed by atoms with van der Waals surface area (Å²) in [5.41, 5.74) is 14.0. The number of benzene rings is 5. The quantitative estimate of drug-likeness (QED) is 0.273. The van der Waals surface area contributed by atoms with Crippen molar-refractivity contribution in [2.75, 3.05) is 0 Å². The van der Waals surface area contributed by atoms with Crippen LogP contribution in [0, 0.1) is 0 Å². The Morgan fingerprint density at radius 2 is 0.656 bits per heavy atom. The summed E-state index contributed by atoms with van der Waals surface area (Å²) in [7, 11) is 0. The van der Waals surface area contributed by atoms with E-state index in [9.17, 15) is 0 Å². The summed E-state index contributed by atoms with van der Waals surface area (Å²) in [5, 5.41) is 0. The van der Waals surface area contributed by atoms with Crippen LogP contribution >= 0.6 is 0 Å². The Balaban J connectivity index is 1.46. The molecule has 0 N–H and O–H groups in total. The summed E-state index contributed by atoms with van der Waals surface area (Å²) in [6.45, 7) is 0. The Bertz CT molecular complexity index is 1370. The predicted octanol–water partition coefficient (Wildman–Crippen LogP) is 8.01. The van der Waals surface area contributed by atoms with E-state index in [-0.39, 0.29) is 5.92 Å². The monoisotopic (exact) mass is 406 g/mol. The van der Waals surface area contributed by atoms with Crippen molar-refractivity contribution in [3.63, 3.8) is 0 Å². The predicted molar refractivity (Wildman–Crippen MR) is 132 cm³/mol. The van der Waals surface area contributed by atoms with Gasteiger partial charge >= 0.3 is 0 Å². The molecule has 3 aliphatic rings. The lowest BCUT2D eigenvalue weighted by molar-refractivity contribution is 0.755. The lowest BCUT2D eigenvalue weighted by Crippen LogP contribution is -2.27. The summed E-state index contributed by atoms with van der Waals surface area (Å²) in [6.07, 6.45) is 0. The van der Waals surface area contributed by atoms with Crippen LogP contribution in [-0.4, -0.2) is 0 Å². The first kappa shape index (κ1) is 17.7. The largest absolute Gasteiger partial charge is 0.0622 e. The normalized spacial score (nSPS) is 17.4. The zero-order valence-corrected chi connectivity index (χ0v) is 17.7. The molecule has 0 nitrogen and oxygen atoms in total. The van der Waals surface area contributed by atoms with E-state index in [2.05, 4.69) is 121 Å². The first-order valence-corrected chi connectivity index (χ1v) is 11.4. The lowest BCUT2D eigenvalue weighted by atomic mass is 9.60. The molecule has 32 heavy (non-hydrogen) atoms. The van der Waals surface area contributed by atoms with Gasteiger partial charge in [0.1, 0.15) is 0 Å². The summed E-state index contributed by atoms with van der Waals surface area (Å²) in [6, 6.07) is 44.8. The molecule has 8 rings (SSSR count). The molecule has 0 heteroatoms. The average Bonchev–Trinajstić information content (AvgIpc) is 2.88. The van der Waals surface area contributed by atoms with Crippen LogP contribution in [0.2, 0.25) is 0 Å². The van der Waals surface area contributed by atoms with E-state index in [1.807, 2.05) is 0 Å². The zero-order chi connectivity index (χ0) is 21.1. The molecule has 0 fully saturated rings. The van der Waals surface area contributed by atoms with Crippen LogP contribution in [0.25, 0.3) is 22.3 Å². The molecule has 2 bridgehead atoms.